The van der Waals surface area contributed by atoms with Gasteiger partial charge < -0.3 is 24.5 Å². The number of methoxy groups -OCH3 is 3. The zero-order valence-corrected chi connectivity index (χ0v) is 12.2. The predicted octanol–water partition coefficient (Wildman–Crippen LogP) is 1.79. The molecule has 0 aliphatic heterocycles. The van der Waals surface area contributed by atoms with Crippen molar-refractivity contribution in [2.24, 2.45) is 0 Å². The first kappa shape index (κ1) is 14.6. The van der Waals surface area contributed by atoms with Crippen molar-refractivity contribution in [3.63, 3.8) is 0 Å². The molecule has 110 valence electrons. The second kappa shape index (κ2) is 6.09. The number of rotatable bonds is 5. The summed E-state index contributed by atoms with van der Waals surface area (Å²) in [4.78, 5) is 4.31. The highest BCUT2D eigenvalue weighted by Crippen LogP contribution is 2.44. The first-order valence-electron chi connectivity index (χ1n) is 6.21. The van der Waals surface area contributed by atoms with Crippen LogP contribution in [-0.4, -0.2) is 30.9 Å². The summed E-state index contributed by atoms with van der Waals surface area (Å²) in [6, 6.07) is 3.59. The first-order chi connectivity index (χ1) is 10.2. The van der Waals surface area contributed by atoms with E-state index >= 15 is 0 Å². The van der Waals surface area contributed by atoms with E-state index in [1.165, 1.54) is 0 Å². The molecule has 0 saturated carbocycles. The lowest BCUT2D eigenvalue weighted by atomic mass is 10.1. The summed E-state index contributed by atoms with van der Waals surface area (Å²) in [5.74, 6) is 4.56. The number of hydrogen-bond donors (Lipinski definition) is 1. The molecule has 0 atom stereocenters. The summed E-state index contributed by atoms with van der Waals surface area (Å²) >= 11 is 0. The fraction of sp³-hybridized carbons (Fsp3) is 0.267. The van der Waals surface area contributed by atoms with E-state index in [1.807, 2.05) is 6.07 Å². The predicted molar refractivity (Wildman–Crippen MR) is 80.6 cm³/mol. The zero-order chi connectivity index (χ0) is 15.4. The van der Waals surface area contributed by atoms with Gasteiger partial charge in [0, 0.05) is 0 Å². The quantitative estimate of drug-likeness (QED) is 0.849. The topological polar surface area (TPSA) is 71.5 Å². The molecule has 0 aliphatic carbocycles. The Bertz CT molecular complexity index is 686. The van der Waals surface area contributed by atoms with Crippen LogP contribution < -0.4 is 19.9 Å². The van der Waals surface area contributed by atoms with Gasteiger partial charge in [-0.3, -0.25) is 0 Å². The molecule has 1 aromatic carbocycles. The van der Waals surface area contributed by atoms with E-state index < -0.39 is 0 Å². The Labute approximate surface area is 123 Å². The lowest BCUT2D eigenvalue weighted by Gasteiger charge is -2.15. The summed E-state index contributed by atoms with van der Waals surface area (Å²) < 4.78 is 17.7. The molecule has 0 spiro atoms. The maximum atomic E-state index is 6.08. The number of anilines is 1. The smallest absolute Gasteiger partial charge is 0.203 e. The van der Waals surface area contributed by atoms with Crippen LogP contribution in [0.3, 0.4) is 0 Å². The number of terminal acetylenes is 1. The van der Waals surface area contributed by atoms with Crippen LogP contribution in [-0.2, 0) is 6.54 Å². The Morgan fingerprint density at radius 2 is 1.90 bits per heavy atom. The molecule has 2 aromatic rings. The Morgan fingerprint density at radius 1 is 1.19 bits per heavy atom. The maximum Gasteiger partial charge on any atom is 0.203 e. The van der Waals surface area contributed by atoms with Crippen molar-refractivity contribution in [3.8, 4) is 40.8 Å². The molecule has 1 heterocycles. The van der Waals surface area contributed by atoms with Gasteiger partial charge >= 0.3 is 0 Å². The van der Waals surface area contributed by atoms with Gasteiger partial charge in [0.1, 0.15) is 11.5 Å². The molecule has 0 radical (unpaired) electrons. The van der Waals surface area contributed by atoms with Crippen LogP contribution in [0.1, 0.15) is 0 Å². The number of nitrogen functional groups attached to an aromatic ring is 1. The molecule has 2 N–H and O–H groups in total. The van der Waals surface area contributed by atoms with Crippen molar-refractivity contribution in [2.75, 3.05) is 27.1 Å². The second-order valence-electron chi connectivity index (χ2n) is 4.19. The minimum atomic E-state index is 0.356. The normalized spacial score (nSPS) is 10.0. The van der Waals surface area contributed by atoms with Crippen LogP contribution in [0.25, 0.3) is 11.3 Å². The van der Waals surface area contributed by atoms with E-state index in [1.54, 1.807) is 38.3 Å². The molecule has 0 aliphatic rings. The summed E-state index contributed by atoms with van der Waals surface area (Å²) in [6.07, 6.45) is 6.90. The van der Waals surface area contributed by atoms with Gasteiger partial charge in [-0.05, 0) is 12.1 Å². The van der Waals surface area contributed by atoms with Gasteiger partial charge in [-0.15, -0.1) is 6.42 Å². The highest BCUT2D eigenvalue weighted by atomic mass is 16.5. The van der Waals surface area contributed by atoms with Crippen molar-refractivity contribution in [1.29, 1.82) is 0 Å². The minimum Gasteiger partial charge on any atom is -0.493 e. The number of hydrogen-bond acceptors (Lipinski definition) is 5. The van der Waals surface area contributed by atoms with E-state index in [0.29, 0.717) is 40.9 Å². The number of aromatic nitrogens is 2. The fourth-order valence-electron chi connectivity index (χ4n) is 2.11. The van der Waals surface area contributed by atoms with Crippen LogP contribution in [0.15, 0.2) is 18.5 Å². The molecule has 21 heavy (non-hydrogen) atoms. The number of nitrogens with zero attached hydrogens (tertiary/aromatic N) is 2. The summed E-state index contributed by atoms with van der Waals surface area (Å²) in [5.41, 5.74) is 7.38. The van der Waals surface area contributed by atoms with Crippen LogP contribution in [0.2, 0.25) is 0 Å². The third kappa shape index (κ3) is 2.46. The van der Waals surface area contributed by atoms with Crippen LogP contribution in [0.4, 0.5) is 5.82 Å². The van der Waals surface area contributed by atoms with E-state index in [0.717, 1.165) is 0 Å². The number of benzene rings is 1. The Balaban J connectivity index is 2.62. The Hall–Kier alpha value is -2.81. The summed E-state index contributed by atoms with van der Waals surface area (Å²) in [6.45, 7) is 0.356. The van der Waals surface area contributed by atoms with Gasteiger partial charge in [0.25, 0.3) is 0 Å². The molecular formula is C15H17N3O3. The van der Waals surface area contributed by atoms with Crippen LogP contribution >= 0.6 is 0 Å². The fourth-order valence-corrected chi connectivity index (χ4v) is 2.11. The lowest BCUT2D eigenvalue weighted by Crippen LogP contribution is -2.02. The molecule has 6 heteroatoms. The monoisotopic (exact) mass is 287 g/mol. The average molecular weight is 287 g/mol. The molecule has 0 bridgehead atoms. The molecular weight excluding hydrogens is 270 g/mol. The number of imidazole rings is 1. The van der Waals surface area contributed by atoms with Crippen molar-refractivity contribution in [3.05, 3.63) is 18.5 Å². The van der Waals surface area contributed by atoms with E-state index in [2.05, 4.69) is 10.9 Å². The van der Waals surface area contributed by atoms with Gasteiger partial charge in [0.15, 0.2) is 11.5 Å². The Kier molecular flexibility index (Phi) is 4.24. The third-order valence-corrected chi connectivity index (χ3v) is 3.10. The van der Waals surface area contributed by atoms with E-state index in [-0.39, 0.29) is 0 Å². The molecule has 2 rings (SSSR count). The van der Waals surface area contributed by atoms with Crippen LogP contribution in [0.5, 0.6) is 17.2 Å². The second-order valence-corrected chi connectivity index (χ2v) is 4.19. The van der Waals surface area contributed by atoms with Crippen molar-refractivity contribution >= 4 is 5.82 Å². The molecule has 1 aromatic heterocycles. The van der Waals surface area contributed by atoms with E-state index in [4.69, 9.17) is 26.4 Å². The summed E-state index contributed by atoms with van der Waals surface area (Å²) in [5, 5.41) is 0. The van der Waals surface area contributed by atoms with Gasteiger partial charge in [-0.1, -0.05) is 5.92 Å². The summed E-state index contributed by atoms with van der Waals surface area (Å²) in [7, 11) is 4.66. The highest BCUT2D eigenvalue weighted by Gasteiger charge is 2.20. The zero-order valence-electron chi connectivity index (χ0n) is 12.2. The standard InChI is InChI=1S/C15H17N3O3/c1-5-8-18-9-17-12(15(18)16)10-6-7-11(19-2)14(21-4)13(10)20-3/h1,6-7,9H,8,16H2,2-4H3. The van der Waals surface area contributed by atoms with Gasteiger partial charge in [-0.2, -0.15) is 0 Å². The van der Waals surface area contributed by atoms with Gasteiger partial charge in [0.2, 0.25) is 5.75 Å². The molecule has 0 saturated heterocycles. The van der Waals surface area contributed by atoms with Crippen molar-refractivity contribution in [2.45, 2.75) is 6.54 Å². The SMILES string of the molecule is C#CCn1cnc(-c2ccc(OC)c(OC)c2OC)c1N. The van der Waals surface area contributed by atoms with Gasteiger partial charge in [0.05, 0.1) is 39.8 Å². The van der Waals surface area contributed by atoms with Crippen molar-refractivity contribution in [1.82, 2.24) is 9.55 Å². The average Bonchev–Trinajstić information content (AvgIpc) is 2.87. The maximum absolute atomic E-state index is 6.08. The molecule has 0 unspecified atom stereocenters. The highest BCUT2D eigenvalue weighted by molar-refractivity contribution is 5.80. The minimum absolute atomic E-state index is 0.356. The molecule has 0 fully saturated rings. The Morgan fingerprint density at radius 3 is 2.48 bits per heavy atom. The van der Waals surface area contributed by atoms with E-state index in [9.17, 15) is 0 Å². The largest absolute Gasteiger partial charge is 0.493 e. The number of ether oxygens (including phenoxy) is 3. The van der Waals surface area contributed by atoms with Crippen molar-refractivity contribution < 1.29 is 14.2 Å². The lowest BCUT2D eigenvalue weighted by molar-refractivity contribution is 0.325. The molecule has 0 amide bonds. The van der Waals surface area contributed by atoms with Gasteiger partial charge in [-0.25, -0.2) is 4.98 Å². The number of nitrogens with two attached hydrogens (primary N) is 1. The first-order valence-corrected chi connectivity index (χ1v) is 6.21. The van der Waals surface area contributed by atoms with Crippen LogP contribution in [0, 0.1) is 12.3 Å². The third-order valence-electron chi connectivity index (χ3n) is 3.10. The molecule has 6 nitrogen and oxygen atoms in total.